The van der Waals surface area contributed by atoms with Crippen molar-refractivity contribution in [3.63, 3.8) is 0 Å². The molecule has 0 spiro atoms. The van der Waals surface area contributed by atoms with E-state index in [1.54, 1.807) is 0 Å². The van der Waals surface area contributed by atoms with Crippen LogP contribution >= 0.6 is 0 Å². The molecule has 1 amide bonds. The molecule has 0 radical (unpaired) electrons. The van der Waals surface area contributed by atoms with Crippen LogP contribution in [0.2, 0.25) is 0 Å². The number of amides is 1. The van der Waals surface area contributed by atoms with Gasteiger partial charge in [-0.1, -0.05) is 0 Å². The van der Waals surface area contributed by atoms with Gasteiger partial charge in [0.1, 0.15) is 5.82 Å². The molecule has 1 aliphatic heterocycles. The Balaban J connectivity index is 1.76. The lowest BCUT2D eigenvalue weighted by Gasteiger charge is -2.10. The number of ether oxygens (including phenoxy) is 1. The molecule has 5 heteroatoms. The molecule has 0 aliphatic carbocycles. The Kier molecular flexibility index (Phi) is 4.63. The molecule has 0 saturated carbocycles. The summed E-state index contributed by atoms with van der Waals surface area (Å²) in [4.78, 5) is 23.4. The molecule has 1 aromatic rings. The fourth-order valence-corrected chi connectivity index (χ4v) is 1.96. The standard InChI is InChI=1S/C14H16FNO3/c15-11-3-1-10(2-4-11)13(17)5-6-14(18)16-12-7-8-19-9-12/h1-4,12H,5-9H2,(H,16,18)/t12-/m0/s1. The summed E-state index contributed by atoms with van der Waals surface area (Å²) in [6.07, 6.45) is 1.09. The number of nitrogens with one attached hydrogen (secondary N) is 1. The Hall–Kier alpha value is -1.75. The number of carbonyl (C=O) groups excluding carboxylic acids is 2. The molecule has 0 unspecified atom stereocenters. The predicted molar refractivity (Wildman–Crippen MR) is 67.3 cm³/mol. The van der Waals surface area contributed by atoms with Crippen LogP contribution in [0.3, 0.4) is 0 Å². The van der Waals surface area contributed by atoms with Crippen LogP contribution in [0.5, 0.6) is 0 Å². The van der Waals surface area contributed by atoms with Gasteiger partial charge in [0.05, 0.1) is 12.6 Å². The van der Waals surface area contributed by atoms with Crippen LogP contribution in [0.15, 0.2) is 24.3 Å². The average Bonchev–Trinajstić information content (AvgIpc) is 2.89. The minimum Gasteiger partial charge on any atom is -0.379 e. The minimum absolute atomic E-state index is 0.0634. The van der Waals surface area contributed by atoms with Crippen molar-refractivity contribution >= 4 is 11.7 Å². The first-order valence-corrected chi connectivity index (χ1v) is 6.31. The third-order valence-corrected chi connectivity index (χ3v) is 3.04. The molecule has 102 valence electrons. The third-order valence-electron chi connectivity index (χ3n) is 3.04. The predicted octanol–water partition coefficient (Wildman–Crippen LogP) is 1.69. The van der Waals surface area contributed by atoms with Crippen LogP contribution in [-0.2, 0) is 9.53 Å². The lowest BCUT2D eigenvalue weighted by atomic mass is 10.1. The van der Waals surface area contributed by atoms with E-state index in [0.29, 0.717) is 18.8 Å². The Morgan fingerprint density at radius 2 is 2.00 bits per heavy atom. The van der Waals surface area contributed by atoms with Crippen LogP contribution < -0.4 is 5.32 Å². The lowest BCUT2D eigenvalue weighted by molar-refractivity contribution is -0.121. The molecule has 1 atom stereocenters. The van der Waals surface area contributed by atoms with Gasteiger partial charge in [0.15, 0.2) is 5.78 Å². The quantitative estimate of drug-likeness (QED) is 0.824. The van der Waals surface area contributed by atoms with Gasteiger partial charge in [-0.2, -0.15) is 0 Å². The maximum absolute atomic E-state index is 12.7. The summed E-state index contributed by atoms with van der Waals surface area (Å²) in [6, 6.07) is 5.40. The van der Waals surface area contributed by atoms with Gasteiger partial charge < -0.3 is 10.1 Å². The van der Waals surface area contributed by atoms with Gasteiger partial charge in [-0.05, 0) is 30.7 Å². The molecule has 0 bridgehead atoms. The van der Waals surface area contributed by atoms with Crippen molar-refractivity contribution in [1.29, 1.82) is 0 Å². The molecule has 1 aliphatic rings. The highest BCUT2D eigenvalue weighted by atomic mass is 19.1. The maximum atomic E-state index is 12.7. The number of benzene rings is 1. The number of Topliss-reactive ketones (excluding diaryl/α,β-unsaturated/α-hetero) is 1. The van der Waals surface area contributed by atoms with Gasteiger partial charge in [0.2, 0.25) is 5.91 Å². The highest BCUT2D eigenvalue weighted by Crippen LogP contribution is 2.08. The number of carbonyl (C=O) groups is 2. The van der Waals surface area contributed by atoms with Crippen LogP contribution in [0.25, 0.3) is 0 Å². The topological polar surface area (TPSA) is 55.4 Å². The first-order valence-electron chi connectivity index (χ1n) is 6.31. The monoisotopic (exact) mass is 265 g/mol. The summed E-state index contributed by atoms with van der Waals surface area (Å²) < 4.78 is 17.9. The second-order valence-electron chi connectivity index (χ2n) is 4.56. The first-order chi connectivity index (χ1) is 9.15. The van der Waals surface area contributed by atoms with Crippen molar-refractivity contribution in [3.8, 4) is 0 Å². The fraction of sp³-hybridized carbons (Fsp3) is 0.429. The largest absolute Gasteiger partial charge is 0.379 e. The summed E-state index contributed by atoms with van der Waals surface area (Å²) >= 11 is 0. The molecule has 1 heterocycles. The summed E-state index contributed by atoms with van der Waals surface area (Å²) in [5.41, 5.74) is 0.429. The Morgan fingerprint density at radius 3 is 2.63 bits per heavy atom. The van der Waals surface area contributed by atoms with Crippen LogP contribution in [0.1, 0.15) is 29.6 Å². The van der Waals surface area contributed by atoms with Crippen LogP contribution in [-0.4, -0.2) is 30.9 Å². The Labute approximate surface area is 110 Å². The van der Waals surface area contributed by atoms with Gasteiger partial charge >= 0.3 is 0 Å². The van der Waals surface area contributed by atoms with Crippen molar-refractivity contribution in [1.82, 2.24) is 5.32 Å². The zero-order valence-electron chi connectivity index (χ0n) is 10.5. The summed E-state index contributed by atoms with van der Waals surface area (Å²) in [7, 11) is 0. The van der Waals surface area contributed by atoms with Gasteiger partial charge in [-0.3, -0.25) is 9.59 Å². The fourth-order valence-electron chi connectivity index (χ4n) is 1.96. The number of hydrogen-bond acceptors (Lipinski definition) is 3. The Morgan fingerprint density at radius 1 is 1.26 bits per heavy atom. The molecule has 0 aromatic heterocycles. The summed E-state index contributed by atoms with van der Waals surface area (Å²) in [6.45, 7) is 1.21. The van der Waals surface area contributed by atoms with E-state index < -0.39 is 0 Å². The van der Waals surface area contributed by atoms with E-state index in [-0.39, 0.29) is 36.4 Å². The van der Waals surface area contributed by atoms with E-state index in [1.807, 2.05) is 0 Å². The molecule has 19 heavy (non-hydrogen) atoms. The molecule has 1 N–H and O–H groups in total. The van der Waals surface area contributed by atoms with Gasteiger partial charge in [-0.25, -0.2) is 4.39 Å². The normalized spacial score (nSPS) is 18.3. The van der Waals surface area contributed by atoms with Crippen LogP contribution in [0.4, 0.5) is 4.39 Å². The van der Waals surface area contributed by atoms with Gasteiger partial charge in [0.25, 0.3) is 0 Å². The summed E-state index contributed by atoms with van der Waals surface area (Å²) in [5.74, 6) is -0.681. The zero-order chi connectivity index (χ0) is 13.7. The second-order valence-corrected chi connectivity index (χ2v) is 4.56. The summed E-state index contributed by atoms with van der Waals surface area (Å²) in [5, 5.41) is 2.82. The number of hydrogen-bond donors (Lipinski definition) is 1. The number of ketones is 1. The first kappa shape index (κ1) is 13.7. The van der Waals surface area contributed by atoms with E-state index in [0.717, 1.165) is 6.42 Å². The SMILES string of the molecule is O=C(CCC(=O)c1ccc(F)cc1)N[C@H]1CCOC1. The molecule has 2 rings (SSSR count). The van der Waals surface area contributed by atoms with Gasteiger partial charge in [0, 0.05) is 25.0 Å². The number of halogens is 1. The van der Waals surface area contributed by atoms with Crippen LogP contribution in [0, 0.1) is 5.82 Å². The van der Waals surface area contributed by atoms with E-state index in [4.69, 9.17) is 4.74 Å². The molecule has 1 aromatic carbocycles. The highest BCUT2D eigenvalue weighted by molar-refractivity contribution is 5.97. The average molecular weight is 265 g/mol. The zero-order valence-corrected chi connectivity index (χ0v) is 10.5. The molecule has 4 nitrogen and oxygen atoms in total. The highest BCUT2D eigenvalue weighted by Gasteiger charge is 2.18. The molecule has 1 fully saturated rings. The van der Waals surface area contributed by atoms with Crippen molar-refractivity contribution in [2.24, 2.45) is 0 Å². The van der Waals surface area contributed by atoms with E-state index in [2.05, 4.69) is 5.32 Å². The van der Waals surface area contributed by atoms with Crippen molar-refractivity contribution in [2.75, 3.05) is 13.2 Å². The number of rotatable bonds is 5. The van der Waals surface area contributed by atoms with E-state index >= 15 is 0 Å². The van der Waals surface area contributed by atoms with Crippen molar-refractivity contribution in [2.45, 2.75) is 25.3 Å². The van der Waals surface area contributed by atoms with E-state index in [1.165, 1.54) is 24.3 Å². The maximum Gasteiger partial charge on any atom is 0.220 e. The molecular weight excluding hydrogens is 249 g/mol. The Bertz CT molecular complexity index is 452. The lowest BCUT2D eigenvalue weighted by Crippen LogP contribution is -2.35. The van der Waals surface area contributed by atoms with Gasteiger partial charge in [-0.15, -0.1) is 0 Å². The van der Waals surface area contributed by atoms with Crippen molar-refractivity contribution < 1.29 is 18.7 Å². The van der Waals surface area contributed by atoms with Crippen molar-refractivity contribution in [3.05, 3.63) is 35.6 Å². The third kappa shape index (κ3) is 4.13. The second kappa shape index (κ2) is 6.43. The molecule has 1 saturated heterocycles. The smallest absolute Gasteiger partial charge is 0.220 e. The minimum atomic E-state index is -0.379. The van der Waals surface area contributed by atoms with E-state index in [9.17, 15) is 14.0 Å². The molecular formula is C14H16FNO3.